The fourth-order valence-corrected chi connectivity index (χ4v) is 5.26. The number of carbonyl (C=O) groups is 1. The zero-order valence-electron chi connectivity index (χ0n) is 11.3. The topological polar surface area (TPSA) is 83.0 Å². The molecular weight excluding hydrogens is 256 g/mol. The predicted molar refractivity (Wildman–Crippen MR) is 71.7 cm³/mol. The van der Waals surface area contributed by atoms with Crippen LogP contribution in [0.3, 0.4) is 0 Å². The molecule has 0 aliphatic heterocycles. The van der Waals surface area contributed by atoms with Gasteiger partial charge < -0.3 is 10.1 Å². The number of aromatic nitrogens is 2. The van der Waals surface area contributed by atoms with Crippen LogP contribution in [0.5, 0.6) is 0 Å². The lowest BCUT2D eigenvalue weighted by molar-refractivity contribution is -0.00752. The Balaban J connectivity index is 1.76. The van der Waals surface area contributed by atoms with Crippen LogP contribution in [-0.4, -0.2) is 21.0 Å². The highest BCUT2D eigenvalue weighted by atomic mass is 16.4. The maximum absolute atomic E-state index is 11.9. The summed E-state index contributed by atoms with van der Waals surface area (Å²) < 4.78 is 0. The zero-order valence-corrected chi connectivity index (χ0v) is 11.3. The van der Waals surface area contributed by atoms with Crippen LogP contribution in [0.15, 0.2) is 11.0 Å². The van der Waals surface area contributed by atoms with E-state index in [-0.39, 0.29) is 5.41 Å². The van der Waals surface area contributed by atoms with Gasteiger partial charge in [-0.15, -0.1) is 0 Å². The van der Waals surface area contributed by atoms with E-state index in [1.807, 2.05) is 0 Å². The number of hydrogen-bond acceptors (Lipinski definition) is 3. The highest BCUT2D eigenvalue weighted by Crippen LogP contribution is 2.60. The second-order valence-electron chi connectivity index (χ2n) is 6.98. The van der Waals surface area contributed by atoms with E-state index in [9.17, 15) is 9.59 Å². The number of hydrogen-bond donors (Lipinski definition) is 2. The number of nitrogens with one attached hydrogen (secondary N) is 1. The van der Waals surface area contributed by atoms with Gasteiger partial charge in [0.25, 0.3) is 5.56 Å². The van der Waals surface area contributed by atoms with Crippen LogP contribution in [0.25, 0.3) is 0 Å². The molecule has 0 amide bonds. The number of aromatic amines is 1. The van der Waals surface area contributed by atoms with E-state index in [1.165, 1.54) is 19.3 Å². The fraction of sp³-hybridized carbons (Fsp3) is 0.667. The summed E-state index contributed by atoms with van der Waals surface area (Å²) in [6.45, 7) is 0. The molecule has 1 heterocycles. The van der Waals surface area contributed by atoms with Gasteiger partial charge in [-0.2, -0.15) is 0 Å². The first kappa shape index (κ1) is 12.1. The van der Waals surface area contributed by atoms with Crippen LogP contribution >= 0.6 is 0 Å². The molecule has 5 heteroatoms. The van der Waals surface area contributed by atoms with Gasteiger partial charge in [-0.3, -0.25) is 4.79 Å². The number of carboxylic acid groups (broad SMARTS) is 1. The van der Waals surface area contributed by atoms with E-state index >= 15 is 0 Å². The van der Waals surface area contributed by atoms with E-state index in [1.54, 1.807) is 6.20 Å². The van der Waals surface area contributed by atoms with Crippen LogP contribution in [-0.2, 0) is 5.41 Å². The third-order valence-electron chi connectivity index (χ3n) is 5.60. The first-order chi connectivity index (χ1) is 9.56. The normalized spacial score (nSPS) is 38.1. The SMILES string of the molecule is O=C(O)c1ncc(C23CC4CC(CC(C4)C2)C3)[nH]c1=O. The van der Waals surface area contributed by atoms with E-state index in [4.69, 9.17) is 5.11 Å². The first-order valence-corrected chi connectivity index (χ1v) is 7.39. The molecule has 4 bridgehead atoms. The van der Waals surface area contributed by atoms with Crippen LogP contribution in [0.2, 0.25) is 0 Å². The van der Waals surface area contributed by atoms with Crippen molar-refractivity contribution in [2.24, 2.45) is 17.8 Å². The molecular formula is C15H18N2O3. The Morgan fingerprint density at radius 3 is 2.20 bits per heavy atom. The summed E-state index contributed by atoms with van der Waals surface area (Å²) >= 11 is 0. The Hall–Kier alpha value is -1.65. The van der Waals surface area contributed by atoms with Crippen molar-refractivity contribution >= 4 is 5.97 Å². The molecule has 4 saturated carbocycles. The van der Waals surface area contributed by atoms with E-state index in [0.29, 0.717) is 0 Å². The number of aromatic carboxylic acids is 1. The summed E-state index contributed by atoms with van der Waals surface area (Å²) in [6, 6.07) is 0. The monoisotopic (exact) mass is 274 g/mol. The Kier molecular flexibility index (Phi) is 2.38. The summed E-state index contributed by atoms with van der Waals surface area (Å²) in [6.07, 6.45) is 8.99. The first-order valence-electron chi connectivity index (χ1n) is 7.39. The lowest BCUT2D eigenvalue weighted by Crippen LogP contribution is -2.49. The molecule has 1 aromatic rings. The molecule has 0 atom stereocenters. The minimum absolute atomic E-state index is 0.0535. The largest absolute Gasteiger partial charge is 0.476 e. The smallest absolute Gasteiger partial charge is 0.360 e. The quantitative estimate of drug-likeness (QED) is 0.863. The van der Waals surface area contributed by atoms with Crippen molar-refractivity contribution in [2.45, 2.75) is 43.9 Å². The maximum Gasteiger partial charge on any atom is 0.360 e. The minimum Gasteiger partial charge on any atom is -0.476 e. The lowest BCUT2D eigenvalue weighted by atomic mass is 9.49. The second-order valence-corrected chi connectivity index (χ2v) is 6.98. The van der Waals surface area contributed by atoms with Gasteiger partial charge in [0.15, 0.2) is 0 Å². The van der Waals surface area contributed by atoms with Gasteiger partial charge in [-0.05, 0) is 56.3 Å². The molecule has 20 heavy (non-hydrogen) atoms. The Morgan fingerprint density at radius 2 is 1.75 bits per heavy atom. The van der Waals surface area contributed by atoms with Crippen molar-refractivity contribution in [3.8, 4) is 0 Å². The van der Waals surface area contributed by atoms with Crippen molar-refractivity contribution in [1.29, 1.82) is 0 Å². The number of H-pyrrole nitrogens is 1. The summed E-state index contributed by atoms with van der Waals surface area (Å²) in [5.41, 5.74) is -0.0476. The molecule has 4 aliphatic carbocycles. The van der Waals surface area contributed by atoms with Crippen molar-refractivity contribution in [3.05, 3.63) is 27.9 Å². The Morgan fingerprint density at radius 1 is 1.20 bits per heavy atom. The van der Waals surface area contributed by atoms with Crippen LogP contribution in [0, 0.1) is 17.8 Å². The highest BCUT2D eigenvalue weighted by Gasteiger charge is 2.52. The Bertz CT molecular complexity index is 599. The van der Waals surface area contributed by atoms with Gasteiger partial charge in [0.1, 0.15) is 0 Å². The highest BCUT2D eigenvalue weighted by molar-refractivity contribution is 5.84. The van der Waals surface area contributed by atoms with Crippen molar-refractivity contribution in [2.75, 3.05) is 0 Å². The van der Waals surface area contributed by atoms with Gasteiger partial charge in [-0.25, -0.2) is 9.78 Å². The molecule has 4 fully saturated rings. The molecule has 5 rings (SSSR count). The van der Waals surface area contributed by atoms with Crippen molar-refractivity contribution in [3.63, 3.8) is 0 Å². The average Bonchev–Trinajstić information content (AvgIpc) is 2.36. The number of nitrogens with zero attached hydrogens (tertiary/aromatic N) is 1. The molecule has 0 unspecified atom stereocenters. The summed E-state index contributed by atoms with van der Waals surface area (Å²) in [5.74, 6) is 1.08. The standard InChI is InChI=1S/C15H18N2O3/c18-13-12(14(19)20)16-7-11(17-13)15-4-8-1-9(5-15)3-10(2-8)6-15/h7-10H,1-6H2,(H,17,18)(H,19,20). The molecule has 0 spiro atoms. The third-order valence-corrected chi connectivity index (χ3v) is 5.60. The molecule has 4 aliphatic rings. The third kappa shape index (κ3) is 1.65. The van der Waals surface area contributed by atoms with Crippen LogP contribution in [0.4, 0.5) is 0 Å². The summed E-state index contributed by atoms with van der Waals surface area (Å²) in [7, 11) is 0. The number of carboxylic acids is 1. The maximum atomic E-state index is 11.9. The van der Waals surface area contributed by atoms with E-state index < -0.39 is 17.2 Å². The van der Waals surface area contributed by atoms with Crippen molar-refractivity contribution in [1.82, 2.24) is 9.97 Å². The molecule has 5 nitrogen and oxygen atoms in total. The molecule has 106 valence electrons. The summed E-state index contributed by atoms with van der Waals surface area (Å²) in [5, 5.41) is 8.91. The second kappa shape index (κ2) is 3.93. The average molecular weight is 274 g/mol. The van der Waals surface area contributed by atoms with Gasteiger partial charge in [0, 0.05) is 17.3 Å². The summed E-state index contributed by atoms with van der Waals surface area (Å²) in [4.78, 5) is 29.5. The predicted octanol–water partition coefficient (Wildman–Crippen LogP) is 1.94. The van der Waals surface area contributed by atoms with Gasteiger partial charge >= 0.3 is 5.97 Å². The zero-order chi connectivity index (χ0) is 13.9. The molecule has 0 radical (unpaired) electrons. The molecule has 0 aromatic carbocycles. The number of rotatable bonds is 2. The van der Waals surface area contributed by atoms with Gasteiger partial charge in [0.05, 0.1) is 0 Å². The van der Waals surface area contributed by atoms with Gasteiger partial charge in [-0.1, -0.05) is 0 Å². The molecule has 2 N–H and O–H groups in total. The fourth-order valence-electron chi connectivity index (χ4n) is 5.26. The Labute approximate surface area is 116 Å². The van der Waals surface area contributed by atoms with Crippen LogP contribution < -0.4 is 5.56 Å². The van der Waals surface area contributed by atoms with E-state index in [0.717, 1.165) is 42.7 Å². The van der Waals surface area contributed by atoms with Crippen LogP contribution in [0.1, 0.15) is 54.7 Å². The van der Waals surface area contributed by atoms with E-state index in [2.05, 4.69) is 9.97 Å². The minimum atomic E-state index is -1.26. The van der Waals surface area contributed by atoms with Gasteiger partial charge in [0.2, 0.25) is 5.69 Å². The van der Waals surface area contributed by atoms with Crippen molar-refractivity contribution < 1.29 is 9.90 Å². The molecule has 1 aromatic heterocycles. The lowest BCUT2D eigenvalue weighted by Gasteiger charge is -2.56. The molecule has 0 saturated heterocycles.